The van der Waals surface area contributed by atoms with Gasteiger partial charge in [-0.1, -0.05) is 12.1 Å². The average molecular weight is 358 g/mol. The molecule has 4 aromatic heterocycles. The predicted octanol–water partition coefficient (Wildman–Crippen LogP) is 2.67. The number of carbonyl (C=O) groups is 1. The summed E-state index contributed by atoms with van der Waals surface area (Å²) in [6, 6.07) is 15.1. The maximum atomic E-state index is 12.3. The second kappa shape index (κ2) is 7.65. The van der Waals surface area contributed by atoms with Crippen LogP contribution in [0.4, 0.5) is 5.69 Å². The molecular formula is C20H18N6O. The largest absolute Gasteiger partial charge is 0.381 e. The van der Waals surface area contributed by atoms with Gasteiger partial charge >= 0.3 is 0 Å². The van der Waals surface area contributed by atoms with E-state index in [-0.39, 0.29) is 5.91 Å². The smallest absolute Gasteiger partial charge is 0.270 e. The average Bonchev–Trinajstić information content (AvgIpc) is 3.15. The van der Waals surface area contributed by atoms with Gasteiger partial charge < -0.3 is 10.6 Å². The van der Waals surface area contributed by atoms with Gasteiger partial charge in [0.25, 0.3) is 5.91 Å². The summed E-state index contributed by atoms with van der Waals surface area (Å²) < 4.78 is 1.83. The molecular weight excluding hydrogens is 340 g/mol. The molecule has 134 valence electrons. The molecule has 2 N–H and O–H groups in total. The van der Waals surface area contributed by atoms with Crippen LogP contribution in [-0.2, 0) is 13.1 Å². The maximum absolute atomic E-state index is 12.3. The topological polar surface area (TPSA) is 84.2 Å². The highest BCUT2D eigenvalue weighted by molar-refractivity contribution is 5.93. The molecule has 0 spiro atoms. The summed E-state index contributed by atoms with van der Waals surface area (Å²) >= 11 is 0. The molecule has 7 nitrogen and oxygen atoms in total. The summed E-state index contributed by atoms with van der Waals surface area (Å²) in [5.41, 5.74) is 4.10. The number of pyridine rings is 3. The van der Waals surface area contributed by atoms with Crippen LogP contribution in [0.2, 0.25) is 0 Å². The lowest BCUT2D eigenvalue weighted by Crippen LogP contribution is -2.24. The van der Waals surface area contributed by atoms with Crippen LogP contribution in [0, 0.1) is 0 Å². The second-order valence-electron chi connectivity index (χ2n) is 5.99. The van der Waals surface area contributed by atoms with Gasteiger partial charge in [0.1, 0.15) is 5.69 Å². The molecule has 0 fully saturated rings. The quantitative estimate of drug-likeness (QED) is 0.554. The van der Waals surface area contributed by atoms with Crippen molar-refractivity contribution in [2.45, 2.75) is 13.1 Å². The highest BCUT2D eigenvalue weighted by atomic mass is 16.1. The van der Waals surface area contributed by atoms with E-state index in [1.807, 2.05) is 59.4 Å². The van der Waals surface area contributed by atoms with E-state index in [9.17, 15) is 4.79 Å². The molecule has 4 heterocycles. The highest BCUT2D eigenvalue weighted by Gasteiger charge is 2.09. The highest BCUT2D eigenvalue weighted by Crippen LogP contribution is 2.14. The Morgan fingerprint density at radius 1 is 1.00 bits per heavy atom. The number of rotatable bonds is 6. The molecule has 0 atom stereocenters. The van der Waals surface area contributed by atoms with E-state index in [1.54, 1.807) is 18.5 Å². The minimum atomic E-state index is -0.236. The Balaban J connectivity index is 1.40. The van der Waals surface area contributed by atoms with Crippen LogP contribution < -0.4 is 10.6 Å². The van der Waals surface area contributed by atoms with Gasteiger partial charge in [-0.05, 0) is 36.4 Å². The number of aromatic nitrogens is 4. The third-order valence-electron chi connectivity index (χ3n) is 4.14. The first-order chi connectivity index (χ1) is 13.3. The van der Waals surface area contributed by atoms with Crippen molar-refractivity contribution in [2.24, 2.45) is 0 Å². The third kappa shape index (κ3) is 3.92. The third-order valence-corrected chi connectivity index (χ3v) is 4.14. The van der Waals surface area contributed by atoms with Gasteiger partial charge in [0.2, 0.25) is 0 Å². The van der Waals surface area contributed by atoms with Crippen LogP contribution >= 0.6 is 0 Å². The van der Waals surface area contributed by atoms with Crippen molar-refractivity contribution >= 4 is 17.1 Å². The minimum absolute atomic E-state index is 0.236. The van der Waals surface area contributed by atoms with E-state index < -0.39 is 0 Å². The van der Waals surface area contributed by atoms with Crippen molar-refractivity contribution in [1.82, 2.24) is 24.9 Å². The SMILES string of the molecule is O=C(NCc1ccccn1)c1cc(NCc2cnn3ccccc23)ccn1. The van der Waals surface area contributed by atoms with Crippen LogP contribution in [0.15, 0.2) is 73.3 Å². The van der Waals surface area contributed by atoms with E-state index >= 15 is 0 Å². The Hall–Kier alpha value is -3.74. The molecule has 0 aliphatic carbocycles. The number of hydrogen-bond donors (Lipinski definition) is 2. The zero-order valence-corrected chi connectivity index (χ0v) is 14.5. The molecule has 0 saturated carbocycles. The van der Waals surface area contributed by atoms with Gasteiger partial charge in [-0.25, -0.2) is 4.52 Å². The molecule has 0 bridgehead atoms. The lowest BCUT2D eigenvalue weighted by molar-refractivity contribution is 0.0945. The number of carbonyl (C=O) groups excluding carboxylic acids is 1. The Morgan fingerprint density at radius 2 is 1.93 bits per heavy atom. The summed E-state index contributed by atoms with van der Waals surface area (Å²) in [7, 11) is 0. The molecule has 0 unspecified atom stereocenters. The molecule has 1 amide bonds. The fourth-order valence-electron chi connectivity index (χ4n) is 2.75. The van der Waals surface area contributed by atoms with Crippen molar-refractivity contribution in [3.63, 3.8) is 0 Å². The number of amides is 1. The van der Waals surface area contributed by atoms with E-state index in [0.29, 0.717) is 18.8 Å². The monoisotopic (exact) mass is 358 g/mol. The second-order valence-corrected chi connectivity index (χ2v) is 5.99. The summed E-state index contributed by atoms with van der Waals surface area (Å²) in [6.07, 6.45) is 7.07. The molecule has 4 aromatic rings. The lowest BCUT2D eigenvalue weighted by Gasteiger charge is -2.08. The van der Waals surface area contributed by atoms with Crippen LogP contribution in [0.25, 0.3) is 5.52 Å². The maximum Gasteiger partial charge on any atom is 0.270 e. The zero-order chi connectivity index (χ0) is 18.5. The number of nitrogens with zero attached hydrogens (tertiary/aromatic N) is 4. The normalized spacial score (nSPS) is 10.7. The number of hydrogen-bond acceptors (Lipinski definition) is 5. The van der Waals surface area contributed by atoms with Gasteiger partial charge in [-0.15, -0.1) is 0 Å². The van der Waals surface area contributed by atoms with Crippen molar-refractivity contribution in [2.75, 3.05) is 5.32 Å². The first-order valence-electron chi connectivity index (χ1n) is 8.59. The van der Waals surface area contributed by atoms with Gasteiger partial charge in [-0.3, -0.25) is 14.8 Å². The molecule has 27 heavy (non-hydrogen) atoms. The number of nitrogens with one attached hydrogen (secondary N) is 2. The van der Waals surface area contributed by atoms with Crippen LogP contribution in [-0.4, -0.2) is 25.5 Å². The van der Waals surface area contributed by atoms with E-state index in [4.69, 9.17) is 0 Å². The van der Waals surface area contributed by atoms with E-state index in [1.165, 1.54) is 0 Å². The molecule has 0 aliphatic rings. The van der Waals surface area contributed by atoms with E-state index in [2.05, 4.69) is 25.7 Å². The molecule has 0 saturated heterocycles. The molecule has 0 aliphatic heterocycles. The first kappa shape index (κ1) is 16.7. The fourth-order valence-corrected chi connectivity index (χ4v) is 2.75. The Kier molecular flexibility index (Phi) is 4.74. The van der Waals surface area contributed by atoms with Gasteiger partial charge in [0.15, 0.2) is 0 Å². The molecule has 7 heteroatoms. The number of anilines is 1. The molecule has 4 rings (SSSR count). The summed E-state index contributed by atoms with van der Waals surface area (Å²) in [6.45, 7) is 0.966. The standard InChI is InChI=1S/C20H18N6O/c27-20(24-14-17-5-1-3-8-21-17)18-11-16(7-9-22-18)23-12-15-13-25-26-10-4-2-6-19(15)26/h1-11,13H,12,14H2,(H,22,23)(H,24,27). The van der Waals surface area contributed by atoms with Crippen molar-refractivity contribution < 1.29 is 4.79 Å². The van der Waals surface area contributed by atoms with Crippen LogP contribution in [0.1, 0.15) is 21.7 Å². The Morgan fingerprint density at radius 3 is 2.81 bits per heavy atom. The summed E-state index contributed by atoms with van der Waals surface area (Å²) in [5, 5.41) is 10.5. The molecule has 0 aromatic carbocycles. The lowest BCUT2D eigenvalue weighted by atomic mass is 10.2. The van der Waals surface area contributed by atoms with Crippen molar-refractivity contribution in [3.05, 3.63) is 90.3 Å². The van der Waals surface area contributed by atoms with Crippen LogP contribution in [0.3, 0.4) is 0 Å². The summed E-state index contributed by atoms with van der Waals surface area (Å²) in [5.74, 6) is -0.236. The predicted molar refractivity (Wildman–Crippen MR) is 102 cm³/mol. The van der Waals surface area contributed by atoms with Gasteiger partial charge in [0, 0.05) is 36.4 Å². The van der Waals surface area contributed by atoms with Crippen molar-refractivity contribution in [3.8, 4) is 0 Å². The van der Waals surface area contributed by atoms with Crippen LogP contribution in [0.5, 0.6) is 0 Å². The van der Waals surface area contributed by atoms with Gasteiger partial charge in [0.05, 0.1) is 24.0 Å². The first-order valence-corrected chi connectivity index (χ1v) is 8.59. The Labute approximate surface area is 156 Å². The fraction of sp³-hybridized carbons (Fsp3) is 0.100. The zero-order valence-electron chi connectivity index (χ0n) is 14.5. The van der Waals surface area contributed by atoms with Gasteiger partial charge in [-0.2, -0.15) is 5.10 Å². The Bertz CT molecular complexity index is 1060. The minimum Gasteiger partial charge on any atom is -0.381 e. The van der Waals surface area contributed by atoms with E-state index in [0.717, 1.165) is 22.5 Å². The molecule has 0 radical (unpaired) electrons. The number of fused-ring (bicyclic) bond motifs is 1. The summed E-state index contributed by atoms with van der Waals surface area (Å²) in [4.78, 5) is 20.7. The van der Waals surface area contributed by atoms with Crippen molar-refractivity contribution in [1.29, 1.82) is 0 Å².